The molecule has 1 aliphatic heterocycles. The number of fused-ring (bicyclic) bond motifs is 5. The van der Waals surface area contributed by atoms with Gasteiger partial charge in [-0.2, -0.15) is 0 Å². The van der Waals surface area contributed by atoms with Gasteiger partial charge in [-0.25, -0.2) is 14.4 Å². The third kappa shape index (κ3) is 9.71. The van der Waals surface area contributed by atoms with E-state index in [4.69, 9.17) is 37.9 Å². The first kappa shape index (κ1) is 52.6. The van der Waals surface area contributed by atoms with Crippen LogP contribution in [0.3, 0.4) is 0 Å². The monoisotopic (exact) mass is 953 g/mol. The molecule has 374 valence electrons. The summed E-state index contributed by atoms with van der Waals surface area (Å²) in [5.74, 6) is -5.13. The molecule has 68 heavy (non-hydrogen) atoms. The van der Waals surface area contributed by atoms with Crippen molar-refractivity contribution in [3.63, 3.8) is 0 Å². The maximum atomic E-state index is 16.2. The second-order valence-electron chi connectivity index (χ2n) is 20.3. The Morgan fingerprint density at radius 3 is 2.09 bits per heavy atom. The first-order chi connectivity index (χ1) is 31.8. The molecule has 2 aromatic rings. The Labute approximate surface area is 396 Å². The summed E-state index contributed by atoms with van der Waals surface area (Å²) in [6.45, 7) is 12.2. The minimum atomic E-state index is -2.38. The number of hydrogen-bond acceptors (Lipinski definition) is 17. The highest BCUT2D eigenvalue weighted by Crippen LogP contribution is 2.65. The van der Waals surface area contributed by atoms with E-state index in [1.54, 1.807) is 90.1 Å². The number of aliphatic hydroxyl groups is 4. The molecular weight excluding hydrogens is 887 g/mol. The van der Waals surface area contributed by atoms with Crippen LogP contribution in [0.2, 0.25) is 0 Å². The zero-order valence-corrected chi connectivity index (χ0v) is 40.4. The van der Waals surface area contributed by atoms with Crippen LogP contribution in [0.25, 0.3) is 0 Å². The standard InChI is InChI=1S/C50H67NO17/c1-28-32(64-43(58)37(55)36(30-17-13-11-14-18-30)51-44(59)68-45(3,4)5)24-50(60)41(65-42(57)31-19-15-12-16-20-31)39-48(9,40(56)38(62-22-21-61-10)35(28)46(50,6)7)33(67-47(8,25-52)26-53)23-34-49(39,27-63-34)66-29(2)54/h11-20,32-34,36-39,41,52-53,55,60H,21-27H2,1-10H3,(H,51,59)/t32-,33-,34+,36-,37+,38+,39?,41-,48+,49-,50+/m0/s1. The zero-order valence-electron chi connectivity index (χ0n) is 40.4. The van der Waals surface area contributed by atoms with Crippen LogP contribution in [-0.4, -0.2) is 149 Å². The van der Waals surface area contributed by atoms with Crippen LogP contribution in [-0.2, 0) is 52.3 Å². The Hall–Kier alpha value is -4.79. The molecule has 2 aromatic carbocycles. The molecule has 3 fully saturated rings. The summed E-state index contributed by atoms with van der Waals surface area (Å²) in [6.07, 6.45) is -10.8. The van der Waals surface area contributed by atoms with Crippen molar-refractivity contribution in [3.05, 3.63) is 82.9 Å². The third-order valence-corrected chi connectivity index (χ3v) is 14.2. The lowest BCUT2D eigenvalue weighted by molar-refractivity contribution is -0.355. The van der Waals surface area contributed by atoms with Gasteiger partial charge >= 0.3 is 24.0 Å². The van der Waals surface area contributed by atoms with Gasteiger partial charge in [0.25, 0.3) is 0 Å². The van der Waals surface area contributed by atoms with Crippen LogP contribution in [0.5, 0.6) is 0 Å². The number of ether oxygens (including phenoxy) is 8. The molecule has 1 amide bonds. The van der Waals surface area contributed by atoms with E-state index in [0.717, 1.165) is 0 Å². The van der Waals surface area contributed by atoms with Crippen molar-refractivity contribution in [2.45, 2.75) is 140 Å². The number of methoxy groups -OCH3 is 1. The van der Waals surface area contributed by atoms with E-state index in [1.807, 2.05) is 0 Å². The molecule has 0 aromatic heterocycles. The average Bonchev–Trinajstić information content (AvgIpc) is 3.28. The summed E-state index contributed by atoms with van der Waals surface area (Å²) in [6, 6.07) is 14.7. The van der Waals surface area contributed by atoms with E-state index in [-0.39, 0.29) is 43.0 Å². The number of hydrogen-bond donors (Lipinski definition) is 5. The second-order valence-corrected chi connectivity index (χ2v) is 20.3. The minimum absolute atomic E-state index is 0.00864. The van der Waals surface area contributed by atoms with E-state index >= 15 is 4.79 Å². The van der Waals surface area contributed by atoms with E-state index < -0.39 is 131 Å². The van der Waals surface area contributed by atoms with Crippen molar-refractivity contribution in [1.29, 1.82) is 0 Å². The smallest absolute Gasteiger partial charge is 0.408 e. The van der Waals surface area contributed by atoms with Gasteiger partial charge in [0.2, 0.25) is 0 Å². The van der Waals surface area contributed by atoms with Crippen LogP contribution in [0.1, 0.15) is 97.1 Å². The highest BCUT2D eigenvalue weighted by Gasteiger charge is 2.78. The number of amides is 1. The van der Waals surface area contributed by atoms with Crippen molar-refractivity contribution in [2.24, 2.45) is 16.7 Å². The maximum Gasteiger partial charge on any atom is 0.408 e. The minimum Gasteiger partial charge on any atom is -0.456 e. The van der Waals surface area contributed by atoms with Gasteiger partial charge in [0.1, 0.15) is 41.2 Å². The number of aliphatic hydroxyl groups excluding tert-OH is 3. The van der Waals surface area contributed by atoms with Gasteiger partial charge in [0.15, 0.2) is 17.5 Å². The van der Waals surface area contributed by atoms with E-state index in [1.165, 1.54) is 40.0 Å². The Balaban J connectivity index is 1.59. The van der Waals surface area contributed by atoms with Crippen LogP contribution in [0.15, 0.2) is 71.8 Å². The topological polar surface area (TPSA) is 252 Å². The molecule has 1 unspecified atom stereocenters. The quantitative estimate of drug-likeness (QED) is 0.0696. The molecular formula is C50H67NO17. The highest BCUT2D eigenvalue weighted by atomic mass is 16.6. The average molecular weight is 954 g/mol. The Bertz CT molecular complexity index is 2200. The van der Waals surface area contributed by atoms with Gasteiger partial charge < -0.3 is 63.6 Å². The number of benzene rings is 2. The number of rotatable bonds is 16. The number of alkyl carbamates (subject to hydrolysis) is 1. The number of carbonyl (C=O) groups is 5. The fourth-order valence-corrected chi connectivity index (χ4v) is 10.6. The third-order valence-electron chi connectivity index (χ3n) is 14.2. The van der Waals surface area contributed by atoms with Gasteiger partial charge in [-0.15, -0.1) is 0 Å². The fourth-order valence-electron chi connectivity index (χ4n) is 10.6. The number of carbonyl (C=O) groups excluding carboxylic acids is 5. The molecule has 11 atom stereocenters. The summed E-state index contributed by atoms with van der Waals surface area (Å²) >= 11 is 0. The van der Waals surface area contributed by atoms with Gasteiger partial charge in [0, 0.05) is 32.3 Å². The lowest BCUT2D eigenvalue weighted by Gasteiger charge is -2.68. The second kappa shape index (κ2) is 19.9. The van der Waals surface area contributed by atoms with E-state index in [9.17, 15) is 39.6 Å². The molecule has 1 saturated heterocycles. The molecule has 18 nitrogen and oxygen atoms in total. The first-order valence-electron chi connectivity index (χ1n) is 22.8. The summed E-state index contributed by atoms with van der Waals surface area (Å²) in [5.41, 5.74) is -9.51. The highest BCUT2D eigenvalue weighted by molar-refractivity contribution is 5.94. The molecule has 0 spiro atoms. The number of nitrogens with one attached hydrogen (secondary N) is 1. The molecule has 5 N–H and O–H groups in total. The van der Waals surface area contributed by atoms with Crippen molar-refractivity contribution in [1.82, 2.24) is 5.32 Å². The molecule has 6 rings (SSSR count). The first-order valence-corrected chi connectivity index (χ1v) is 22.8. The normalized spacial score (nSPS) is 30.8. The van der Waals surface area contributed by atoms with E-state index in [0.29, 0.717) is 5.56 Å². The Morgan fingerprint density at radius 2 is 1.54 bits per heavy atom. The molecule has 2 bridgehead atoms. The predicted octanol–water partition coefficient (Wildman–Crippen LogP) is 3.70. The summed E-state index contributed by atoms with van der Waals surface area (Å²) in [7, 11) is 1.44. The van der Waals surface area contributed by atoms with Crippen molar-refractivity contribution >= 4 is 29.8 Å². The largest absolute Gasteiger partial charge is 0.456 e. The van der Waals surface area contributed by atoms with Crippen molar-refractivity contribution in [3.8, 4) is 0 Å². The summed E-state index contributed by atoms with van der Waals surface area (Å²) in [4.78, 5) is 71.7. The Kier molecular flexibility index (Phi) is 15.4. The molecule has 2 saturated carbocycles. The SMILES string of the molecule is COCCO[C@H]1C(=O)[C@@]2(C)C([C@H](OC(=O)c3ccccc3)[C@]3(O)C[C@H](OC(=O)[C@H](O)[C@@H](NC(=O)OC(C)(C)C)c4ccccc4)C(C)=C1C3(C)C)[C@]1(OC(C)=O)CO[C@@H]1C[C@@H]2OC(C)(CO)CO. The number of Topliss-reactive ketones (excluding diaryl/α,β-unsaturated/α-hetero) is 1. The van der Waals surface area contributed by atoms with Gasteiger partial charge in [-0.05, 0) is 70.4 Å². The van der Waals surface area contributed by atoms with Gasteiger partial charge in [0.05, 0.1) is 62.1 Å². The van der Waals surface area contributed by atoms with Crippen molar-refractivity contribution in [2.75, 3.05) is 40.1 Å². The molecule has 0 radical (unpaired) electrons. The number of ketones is 1. The lowest BCUT2D eigenvalue weighted by atomic mass is 9.44. The zero-order chi connectivity index (χ0) is 50.2. The van der Waals surface area contributed by atoms with Crippen molar-refractivity contribution < 1.29 is 82.3 Å². The lowest BCUT2D eigenvalue weighted by Crippen LogP contribution is -2.82. The van der Waals surface area contributed by atoms with Crippen LogP contribution in [0, 0.1) is 16.7 Å². The van der Waals surface area contributed by atoms with Gasteiger partial charge in [-0.1, -0.05) is 62.4 Å². The number of esters is 3. The van der Waals surface area contributed by atoms with E-state index in [2.05, 4.69) is 5.32 Å². The predicted molar refractivity (Wildman–Crippen MR) is 241 cm³/mol. The van der Waals surface area contributed by atoms with Crippen LogP contribution >= 0.6 is 0 Å². The summed E-state index contributed by atoms with van der Waals surface area (Å²) < 4.78 is 49.0. The van der Waals surface area contributed by atoms with Crippen LogP contribution < -0.4 is 5.32 Å². The Morgan fingerprint density at radius 1 is 0.926 bits per heavy atom. The fraction of sp³-hybridized carbons (Fsp3) is 0.620. The molecule has 4 aliphatic rings. The van der Waals surface area contributed by atoms with Crippen LogP contribution in [0.4, 0.5) is 4.79 Å². The maximum absolute atomic E-state index is 16.2. The van der Waals surface area contributed by atoms with Gasteiger partial charge in [-0.3, -0.25) is 9.59 Å². The molecule has 1 heterocycles. The molecule has 18 heteroatoms. The summed E-state index contributed by atoms with van der Waals surface area (Å²) in [5, 5.41) is 49.5. The molecule has 3 aliphatic carbocycles.